The summed E-state index contributed by atoms with van der Waals surface area (Å²) in [5.41, 5.74) is 1.06. The molecule has 0 aliphatic carbocycles. The second-order valence-electron chi connectivity index (χ2n) is 7.45. The average molecular weight is 614 g/mol. The van der Waals surface area contributed by atoms with Gasteiger partial charge >= 0.3 is 0 Å². The van der Waals surface area contributed by atoms with Crippen molar-refractivity contribution in [2.24, 2.45) is 0 Å². The number of imide groups is 1. The molecule has 2 aliphatic rings. The van der Waals surface area contributed by atoms with E-state index < -0.39 is 11.1 Å². The number of thioether (sulfide) groups is 1. The largest absolute Gasteiger partial charge is 0.486 e. The van der Waals surface area contributed by atoms with Gasteiger partial charge in [0, 0.05) is 18.7 Å². The second-order valence-corrected chi connectivity index (χ2v) is 10.2. The third kappa shape index (κ3) is 5.70. The quantitative estimate of drug-likeness (QED) is 0.435. The summed E-state index contributed by atoms with van der Waals surface area (Å²) in [7, 11) is 0. The fraction of sp³-hybridized carbons (Fsp3) is 0.261. The van der Waals surface area contributed by atoms with Crippen LogP contribution in [0.15, 0.2) is 50.2 Å². The van der Waals surface area contributed by atoms with E-state index in [-0.39, 0.29) is 29.8 Å². The van der Waals surface area contributed by atoms with E-state index in [9.17, 15) is 18.8 Å². The predicted octanol–water partition coefficient (Wildman–Crippen LogP) is 4.82. The number of hydrogen-bond acceptors (Lipinski definition) is 6. The Bertz CT molecular complexity index is 1150. The van der Waals surface area contributed by atoms with Crippen LogP contribution in [0.4, 0.5) is 9.18 Å². The summed E-state index contributed by atoms with van der Waals surface area (Å²) in [6, 6.07) is 9.82. The Morgan fingerprint density at radius 3 is 2.50 bits per heavy atom. The van der Waals surface area contributed by atoms with E-state index in [0.717, 1.165) is 16.7 Å². The van der Waals surface area contributed by atoms with Crippen LogP contribution < -0.4 is 4.74 Å². The van der Waals surface area contributed by atoms with Crippen LogP contribution in [0.25, 0.3) is 6.08 Å². The third-order valence-electron chi connectivity index (χ3n) is 5.18. The first-order valence-corrected chi connectivity index (χ1v) is 12.7. The summed E-state index contributed by atoms with van der Waals surface area (Å²) in [5.74, 6) is -0.670. The molecule has 0 spiro atoms. The summed E-state index contributed by atoms with van der Waals surface area (Å²) in [6.07, 6.45) is 1.58. The van der Waals surface area contributed by atoms with Gasteiger partial charge in [-0.25, -0.2) is 4.39 Å². The van der Waals surface area contributed by atoms with Crippen molar-refractivity contribution in [3.63, 3.8) is 0 Å². The molecule has 7 nitrogen and oxygen atoms in total. The Morgan fingerprint density at radius 2 is 1.82 bits per heavy atom. The van der Waals surface area contributed by atoms with Crippen LogP contribution >= 0.6 is 43.6 Å². The highest BCUT2D eigenvalue weighted by molar-refractivity contribution is 9.11. The second kappa shape index (κ2) is 11.0. The van der Waals surface area contributed by atoms with E-state index in [1.165, 1.54) is 6.07 Å². The molecule has 2 fully saturated rings. The Morgan fingerprint density at radius 1 is 1.15 bits per heavy atom. The van der Waals surface area contributed by atoms with Gasteiger partial charge in [0.1, 0.15) is 24.7 Å². The van der Waals surface area contributed by atoms with Gasteiger partial charge < -0.3 is 14.4 Å². The molecule has 0 radical (unpaired) electrons. The number of ether oxygens (including phenoxy) is 2. The van der Waals surface area contributed by atoms with Crippen LogP contribution in [0.5, 0.6) is 5.75 Å². The van der Waals surface area contributed by atoms with E-state index >= 15 is 0 Å². The van der Waals surface area contributed by atoms with Crippen molar-refractivity contribution < 1.29 is 28.2 Å². The molecule has 0 aromatic heterocycles. The van der Waals surface area contributed by atoms with Gasteiger partial charge in [-0.3, -0.25) is 19.3 Å². The van der Waals surface area contributed by atoms with Crippen LogP contribution in [-0.4, -0.2) is 59.7 Å². The number of carbonyl (C=O) groups excluding carboxylic acids is 3. The predicted molar refractivity (Wildman–Crippen MR) is 133 cm³/mol. The first-order chi connectivity index (χ1) is 16.3. The monoisotopic (exact) mass is 612 g/mol. The van der Waals surface area contributed by atoms with Crippen molar-refractivity contribution in [2.75, 3.05) is 32.8 Å². The van der Waals surface area contributed by atoms with E-state index in [1.807, 2.05) is 0 Å². The van der Waals surface area contributed by atoms with Gasteiger partial charge in [-0.2, -0.15) is 0 Å². The first-order valence-electron chi connectivity index (χ1n) is 10.3. The maximum absolute atomic E-state index is 13.9. The summed E-state index contributed by atoms with van der Waals surface area (Å²) in [6.45, 7) is 1.52. The molecule has 34 heavy (non-hydrogen) atoms. The van der Waals surface area contributed by atoms with Crippen LogP contribution in [0, 0.1) is 5.82 Å². The average Bonchev–Trinajstić information content (AvgIpc) is 3.07. The number of rotatable bonds is 6. The Balaban J connectivity index is 1.46. The summed E-state index contributed by atoms with van der Waals surface area (Å²) < 4.78 is 26.0. The Hall–Kier alpha value is -2.21. The van der Waals surface area contributed by atoms with Crippen LogP contribution in [0.2, 0.25) is 0 Å². The topological polar surface area (TPSA) is 76.2 Å². The first kappa shape index (κ1) is 24.9. The highest BCUT2D eigenvalue weighted by Crippen LogP contribution is 2.38. The fourth-order valence-electron chi connectivity index (χ4n) is 3.40. The van der Waals surface area contributed by atoms with Gasteiger partial charge in [0.2, 0.25) is 5.91 Å². The molecular formula is C23H19Br2FN2O5S. The van der Waals surface area contributed by atoms with E-state index in [1.54, 1.807) is 41.3 Å². The van der Waals surface area contributed by atoms with Gasteiger partial charge in [-0.1, -0.05) is 18.2 Å². The number of nitrogens with zero attached hydrogens (tertiary/aromatic N) is 2. The van der Waals surface area contributed by atoms with Gasteiger partial charge in [-0.05, 0) is 73.5 Å². The number of amides is 3. The van der Waals surface area contributed by atoms with Gasteiger partial charge in [0.25, 0.3) is 11.1 Å². The summed E-state index contributed by atoms with van der Waals surface area (Å²) in [4.78, 5) is 40.4. The minimum Gasteiger partial charge on any atom is -0.486 e. The molecule has 0 bridgehead atoms. The van der Waals surface area contributed by atoms with E-state index in [0.29, 0.717) is 52.1 Å². The molecule has 2 aliphatic heterocycles. The maximum Gasteiger partial charge on any atom is 0.294 e. The minimum atomic E-state index is -0.510. The van der Waals surface area contributed by atoms with Crippen molar-refractivity contribution in [2.45, 2.75) is 6.61 Å². The summed E-state index contributed by atoms with van der Waals surface area (Å²) >= 11 is 7.69. The van der Waals surface area contributed by atoms with Crippen molar-refractivity contribution >= 4 is 66.8 Å². The molecule has 3 amide bonds. The standard InChI is InChI=1S/C23H19Br2FN2O5S/c24-16-9-14(10-17(25)21(16)33-13-15-3-1-2-4-18(15)26)11-19-22(30)28(23(31)34-19)12-20(29)27-5-7-32-8-6-27/h1-4,9-11H,5-8,12-13H2/b19-11+. The molecule has 0 atom stereocenters. The van der Waals surface area contributed by atoms with Crippen LogP contribution in [0.3, 0.4) is 0 Å². The summed E-state index contributed by atoms with van der Waals surface area (Å²) in [5, 5.41) is -0.485. The molecule has 2 heterocycles. The lowest BCUT2D eigenvalue weighted by molar-refractivity contribution is -0.139. The number of hydrogen-bond donors (Lipinski definition) is 0. The molecule has 178 valence electrons. The molecular weight excluding hydrogens is 595 g/mol. The van der Waals surface area contributed by atoms with Crippen molar-refractivity contribution in [3.05, 3.63) is 67.2 Å². The van der Waals surface area contributed by atoms with Gasteiger partial charge in [0.15, 0.2) is 0 Å². The van der Waals surface area contributed by atoms with Crippen LogP contribution in [0.1, 0.15) is 11.1 Å². The van der Waals surface area contributed by atoms with Crippen molar-refractivity contribution in [1.29, 1.82) is 0 Å². The zero-order valence-electron chi connectivity index (χ0n) is 17.8. The lowest BCUT2D eigenvalue weighted by Crippen LogP contribution is -2.46. The molecule has 11 heteroatoms. The smallest absolute Gasteiger partial charge is 0.294 e. The fourth-order valence-corrected chi connectivity index (χ4v) is 5.69. The number of carbonyl (C=O) groups is 3. The highest BCUT2D eigenvalue weighted by atomic mass is 79.9. The number of benzene rings is 2. The molecule has 2 aromatic rings. The Kier molecular flexibility index (Phi) is 8.07. The molecule has 0 N–H and O–H groups in total. The third-order valence-corrected chi connectivity index (χ3v) is 7.26. The zero-order chi connectivity index (χ0) is 24.2. The zero-order valence-corrected chi connectivity index (χ0v) is 21.8. The van der Waals surface area contributed by atoms with Gasteiger partial charge in [-0.15, -0.1) is 0 Å². The maximum atomic E-state index is 13.9. The molecule has 0 unspecified atom stereocenters. The lowest BCUT2D eigenvalue weighted by atomic mass is 10.2. The SMILES string of the molecule is O=C(CN1C(=O)S/C(=C/c2cc(Br)c(OCc3ccccc3F)c(Br)c2)C1=O)N1CCOCC1. The van der Waals surface area contributed by atoms with Gasteiger partial charge in [0.05, 0.1) is 27.1 Å². The Labute approximate surface area is 216 Å². The lowest BCUT2D eigenvalue weighted by Gasteiger charge is -2.28. The highest BCUT2D eigenvalue weighted by Gasteiger charge is 2.37. The van der Waals surface area contributed by atoms with E-state index in [4.69, 9.17) is 9.47 Å². The molecule has 2 aromatic carbocycles. The van der Waals surface area contributed by atoms with Crippen LogP contribution in [-0.2, 0) is 20.9 Å². The molecule has 4 rings (SSSR count). The number of morpholine rings is 1. The molecule has 0 saturated carbocycles. The minimum absolute atomic E-state index is 0.0410. The number of halogens is 3. The van der Waals surface area contributed by atoms with Crippen molar-refractivity contribution in [3.8, 4) is 5.75 Å². The normalized spacial score (nSPS) is 17.6. The van der Waals surface area contributed by atoms with Crippen molar-refractivity contribution in [1.82, 2.24) is 9.80 Å². The molecule has 2 saturated heterocycles. The van der Waals surface area contributed by atoms with E-state index in [2.05, 4.69) is 31.9 Å².